The van der Waals surface area contributed by atoms with Gasteiger partial charge in [0.05, 0.1) is 17.2 Å². The van der Waals surface area contributed by atoms with E-state index < -0.39 is 0 Å². The summed E-state index contributed by atoms with van der Waals surface area (Å²) < 4.78 is 5.48. The van der Waals surface area contributed by atoms with Crippen LogP contribution < -0.4 is 0 Å². The van der Waals surface area contributed by atoms with Crippen molar-refractivity contribution in [1.29, 1.82) is 0 Å². The van der Waals surface area contributed by atoms with Gasteiger partial charge in [-0.25, -0.2) is 0 Å². The minimum atomic E-state index is 0.302. The predicted molar refractivity (Wildman–Crippen MR) is 69.5 cm³/mol. The number of rotatable bonds is 7. The standard InChI is InChI=1S/C11H24OS2/c1-8(2)6-7-11(9(3)4)10(5)12-14-13/h8-11,13H,6-7H2,1-5H3/t10-,11+/m1/s1. The second kappa shape index (κ2) is 7.89. The minimum Gasteiger partial charge on any atom is -0.302 e. The SMILES string of the molecule is CC(C)CC[C@@H](C(C)C)[C@@H](C)OSS. The van der Waals surface area contributed by atoms with Gasteiger partial charge in [-0.2, -0.15) is 0 Å². The average Bonchev–Trinajstić information content (AvgIpc) is 2.03. The minimum absolute atomic E-state index is 0.302. The highest BCUT2D eigenvalue weighted by Gasteiger charge is 2.21. The molecule has 14 heavy (non-hydrogen) atoms. The monoisotopic (exact) mass is 236 g/mol. The zero-order valence-electron chi connectivity index (χ0n) is 9.99. The Bertz CT molecular complexity index is 137. The summed E-state index contributed by atoms with van der Waals surface area (Å²) in [4.78, 5) is 0. The molecule has 0 rings (SSSR count). The summed E-state index contributed by atoms with van der Waals surface area (Å²) in [6, 6.07) is 0. The molecule has 0 saturated heterocycles. The lowest BCUT2D eigenvalue weighted by Gasteiger charge is -2.26. The third-order valence-corrected chi connectivity index (χ3v) is 3.38. The van der Waals surface area contributed by atoms with Gasteiger partial charge in [0.2, 0.25) is 0 Å². The van der Waals surface area contributed by atoms with E-state index in [2.05, 4.69) is 46.3 Å². The molecule has 86 valence electrons. The zero-order valence-corrected chi connectivity index (χ0v) is 11.7. The molecule has 0 aromatic carbocycles. The molecule has 0 saturated carbocycles. The van der Waals surface area contributed by atoms with Crippen LogP contribution in [0.5, 0.6) is 0 Å². The van der Waals surface area contributed by atoms with Crippen LogP contribution in [0.2, 0.25) is 0 Å². The lowest BCUT2D eigenvalue weighted by atomic mass is 9.85. The van der Waals surface area contributed by atoms with Crippen molar-refractivity contribution in [2.45, 2.75) is 53.6 Å². The van der Waals surface area contributed by atoms with Gasteiger partial charge in [0.25, 0.3) is 0 Å². The van der Waals surface area contributed by atoms with E-state index in [0.29, 0.717) is 17.9 Å². The van der Waals surface area contributed by atoms with Crippen LogP contribution in [-0.2, 0) is 4.18 Å². The maximum Gasteiger partial charge on any atom is 0.0735 e. The van der Waals surface area contributed by atoms with Gasteiger partial charge in [-0.15, -0.1) is 0 Å². The van der Waals surface area contributed by atoms with Gasteiger partial charge in [-0.05, 0) is 31.1 Å². The van der Waals surface area contributed by atoms with Crippen molar-refractivity contribution < 1.29 is 4.18 Å². The van der Waals surface area contributed by atoms with E-state index >= 15 is 0 Å². The lowest BCUT2D eigenvalue weighted by Crippen LogP contribution is -2.23. The first-order valence-corrected chi connectivity index (χ1v) is 7.25. The first kappa shape index (κ1) is 14.7. The van der Waals surface area contributed by atoms with Crippen molar-refractivity contribution in [3.05, 3.63) is 0 Å². The molecule has 0 aromatic heterocycles. The van der Waals surface area contributed by atoms with E-state index in [0.717, 1.165) is 5.92 Å². The van der Waals surface area contributed by atoms with Gasteiger partial charge in [-0.3, -0.25) is 0 Å². The highest BCUT2D eigenvalue weighted by atomic mass is 33.1. The van der Waals surface area contributed by atoms with Crippen molar-refractivity contribution in [3.63, 3.8) is 0 Å². The van der Waals surface area contributed by atoms with Gasteiger partial charge < -0.3 is 4.18 Å². The van der Waals surface area contributed by atoms with E-state index in [1.807, 2.05) is 0 Å². The Balaban J connectivity index is 4.00. The molecule has 1 nitrogen and oxygen atoms in total. The molecule has 2 atom stereocenters. The number of hydrogen-bond donors (Lipinski definition) is 1. The average molecular weight is 236 g/mol. The molecule has 3 heteroatoms. The second-order valence-corrected chi connectivity index (χ2v) is 5.54. The van der Waals surface area contributed by atoms with E-state index in [-0.39, 0.29) is 0 Å². The fraction of sp³-hybridized carbons (Fsp3) is 1.00. The Morgan fingerprint density at radius 3 is 2.00 bits per heavy atom. The highest BCUT2D eigenvalue weighted by Crippen LogP contribution is 2.28. The molecule has 0 amide bonds. The molecule has 0 radical (unpaired) electrons. The molecule has 0 aliphatic carbocycles. The van der Waals surface area contributed by atoms with Crippen molar-refractivity contribution in [3.8, 4) is 0 Å². The Kier molecular flexibility index (Phi) is 8.26. The van der Waals surface area contributed by atoms with E-state index in [1.54, 1.807) is 0 Å². The van der Waals surface area contributed by atoms with Crippen LogP contribution in [0.1, 0.15) is 47.5 Å². The molecular weight excluding hydrogens is 212 g/mol. The second-order valence-electron chi connectivity index (χ2n) is 4.75. The van der Waals surface area contributed by atoms with Crippen LogP contribution >= 0.6 is 22.7 Å². The van der Waals surface area contributed by atoms with Gasteiger partial charge in [0, 0.05) is 0 Å². The Morgan fingerprint density at radius 2 is 1.64 bits per heavy atom. The maximum absolute atomic E-state index is 5.48. The highest BCUT2D eigenvalue weighted by molar-refractivity contribution is 8.66. The van der Waals surface area contributed by atoms with E-state index in [9.17, 15) is 0 Å². The van der Waals surface area contributed by atoms with Crippen molar-refractivity contribution in [2.75, 3.05) is 0 Å². The summed E-state index contributed by atoms with van der Waals surface area (Å²) in [5.74, 6) is 2.12. The van der Waals surface area contributed by atoms with Crippen molar-refractivity contribution in [2.24, 2.45) is 17.8 Å². The van der Waals surface area contributed by atoms with Crippen LogP contribution in [-0.4, -0.2) is 6.10 Å². The summed E-state index contributed by atoms with van der Waals surface area (Å²) in [6.45, 7) is 11.2. The summed E-state index contributed by atoms with van der Waals surface area (Å²) in [6.07, 6.45) is 2.84. The van der Waals surface area contributed by atoms with Gasteiger partial charge in [-0.1, -0.05) is 45.8 Å². The Labute approximate surface area is 98.4 Å². The van der Waals surface area contributed by atoms with Crippen LogP contribution in [0, 0.1) is 17.8 Å². The summed E-state index contributed by atoms with van der Waals surface area (Å²) in [7, 11) is 0. The van der Waals surface area contributed by atoms with Crippen LogP contribution in [0.4, 0.5) is 0 Å². The fourth-order valence-corrected chi connectivity index (χ4v) is 2.46. The topological polar surface area (TPSA) is 9.23 Å². The first-order chi connectivity index (χ1) is 6.49. The zero-order chi connectivity index (χ0) is 11.1. The van der Waals surface area contributed by atoms with Crippen molar-refractivity contribution in [1.82, 2.24) is 0 Å². The smallest absolute Gasteiger partial charge is 0.0735 e. The van der Waals surface area contributed by atoms with Crippen LogP contribution in [0.15, 0.2) is 0 Å². The van der Waals surface area contributed by atoms with Crippen molar-refractivity contribution >= 4 is 22.7 Å². The molecular formula is C11H24OS2. The molecule has 0 fully saturated rings. The largest absolute Gasteiger partial charge is 0.302 e. The molecule has 0 aromatic rings. The lowest BCUT2D eigenvalue weighted by molar-refractivity contribution is 0.134. The molecule has 0 bridgehead atoms. The molecule has 0 unspecified atom stereocenters. The third-order valence-electron chi connectivity index (χ3n) is 2.73. The molecule has 0 N–H and O–H groups in total. The first-order valence-electron chi connectivity index (χ1n) is 5.45. The fourth-order valence-electron chi connectivity index (χ4n) is 1.78. The summed E-state index contributed by atoms with van der Waals surface area (Å²) in [5.41, 5.74) is 0. The molecule has 0 heterocycles. The van der Waals surface area contributed by atoms with Crippen LogP contribution in [0.25, 0.3) is 0 Å². The maximum atomic E-state index is 5.48. The molecule has 0 spiro atoms. The quantitative estimate of drug-likeness (QED) is 0.393. The van der Waals surface area contributed by atoms with Gasteiger partial charge in [0.1, 0.15) is 0 Å². The molecule has 0 aliphatic rings. The van der Waals surface area contributed by atoms with E-state index in [4.69, 9.17) is 4.18 Å². The molecule has 0 aliphatic heterocycles. The summed E-state index contributed by atoms with van der Waals surface area (Å²) in [5, 5.41) is 0. The van der Waals surface area contributed by atoms with E-state index in [1.165, 1.54) is 23.9 Å². The predicted octanol–water partition coefficient (Wildman–Crippen LogP) is 4.59. The van der Waals surface area contributed by atoms with Gasteiger partial charge >= 0.3 is 0 Å². The third kappa shape index (κ3) is 6.20. The normalized spacial score (nSPS) is 16.3. The van der Waals surface area contributed by atoms with Gasteiger partial charge in [0.15, 0.2) is 0 Å². The van der Waals surface area contributed by atoms with Crippen LogP contribution in [0.3, 0.4) is 0 Å². The Hall–Kier alpha value is 0.660. The number of thiol groups is 1. The Morgan fingerprint density at radius 1 is 1.07 bits per heavy atom. The number of hydrogen-bond acceptors (Lipinski definition) is 3. The summed E-state index contributed by atoms with van der Waals surface area (Å²) >= 11 is 5.21.